The van der Waals surface area contributed by atoms with Gasteiger partial charge in [-0.3, -0.25) is 4.72 Å². The molecular formula is C49H52N8O10S3. The molecule has 21 heteroatoms. The number of amides is 1. The van der Waals surface area contributed by atoms with Crippen LogP contribution in [0.15, 0.2) is 116 Å². The molecule has 0 saturated carbocycles. The molecule has 8 aromatic rings. The highest BCUT2D eigenvalue weighted by Gasteiger charge is 2.20. The summed E-state index contributed by atoms with van der Waals surface area (Å²) < 4.78 is 59.4. The standard InChI is InChI=1S/C25H26N4O6S.C24H26N4O4S2/c1-5-15-6-8-18(31-2)21(10-15)36-29-24-23-19(32-3)11-17(12-20(23)35-28-24)34-22-9-7-16(13-26-22)14-27-25(30)33-4;1-5-15-6-8-18(29-2)21(10-15)34-28-24-23-19(30-3)11-17(12-20(23)32-27-24)31-22-9-7-16(13-25-22)14-26-33-4/h6-13H,5,14H2,1-4H3,(H,27,30)(H,28,29);6-13,26H,5,14H2,1-4H3,(H,27,28). The molecule has 4 aromatic heterocycles. The normalized spacial score (nSPS) is 10.8. The van der Waals surface area contributed by atoms with Crippen LogP contribution in [0.1, 0.15) is 36.1 Å². The van der Waals surface area contributed by atoms with E-state index in [1.807, 2.05) is 36.6 Å². The number of alkyl carbamates (subject to hydrolysis) is 1. The van der Waals surface area contributed by atoms with Crippen molar-refractivity contribution in [3.05, 3.63) is 120 Å². The minimum absolute atomic E-state index is 0.292. The number of anilines is 2. The van der Waals surface area contributed by atoms with Gasteiger partial charge in [-0.2, -0.15) is 0 Å². The number of carbonyl (C=O) groups excluding carboxylic acids is 1. The number of benzene rings is 4. The molecule has 8 rings (SSSR count). The maximum Gasteiger partial charge on any atom is 0.407 e. The summed E-state index contributed by atoms with van der Waals surface area (Å²) in [5.41, 5.74) is 5.31. The summed E-state index contributed by atoms with van der Waals surface area (Å²) in [4.78, 5) is 21.8. The molecule has 4 N–H and O–H groups in total. The van der Waals surface area contributed by atoms with E-state index in [4.69, 9.17) is 37.5 Å². The Morgan fingerprint density at radius 3 is 1.43 bits per heavy atom. The van der Waals surface area contributed by atoms with Gasteiger partial charge in [0, 0.05) is 61.9 Å². The van der Waals surface area contributed by atoms with E-state index in [1.165, 1.54) is 42.1 Å². The Labute approximate surface area is 417 Å². The van der Waals surface area contributed by atoms with Gasteiger partial charge in [-0.25, -0.2) is 14.8 Å². The number of hydrogen-bond acceptors (Lipinski definition) is 20. The van der Waals surface area contributed by atoms with Crippen molar-refractivity contribution in [2.45, 2.75) is 49.6 Å². The molecule has 0 spiro atoms. The summed E-state index contributed by atoms with van der Waals surface area (Å²) in [6.07, 6.45) is 6.72. The zero-order valence-electron chi connectivity index (χ0n) is 39.7. The van der Waals surface area contributed by atoms with Crippen LogP contribution in [0.2, 0.25) is 0 Å². The maximum atomic E-state index is 11.2. The number of methoxy groups -OCH3 is 5. The van der Waals surface area contributed by atoms with Crippen LogP contribution in [0.5, 0.6) is 46.3 Å². The lowest BCUT2D eigenvalue weighted by molar-refractivity contribution is 0.170. The molecule has 0 saturated heterocycles. The van der Waals surface area contributed by atoms with E-state index < -0.39 is 6.09 Å². The summed E-state index contributed by atoms with van der Waals surface area (Å²) in [6.45, 7) is 5.24. The molecule has 0 aliphatic heterocycles. The van der Waals surface area contributed by atoms with Crippen LogP contribution >= 0.6 is 35.8 Å². The average Bonchev–Trinajstić information content (AvgIpc) is 4.02. The first-order valence-electron chi connectivity index (χ1n) is 21.7. The summed E-state index contributed by atoms with van der Waals surface area (Å²) in [5.74, 6) is 5.58. The molecule has 1 amide bonds. The van der Waals surface area contributed by atoms with E-state index >= 15 is 0 Å². The van der Waals surface area contributed by atoms with E-state index in [0.29, 0.717) is 69.5 Å². The van der Waals surface area contributed by atoms with E-state index in [1.54, 1.807) is 89.2 Å². The first kappa shape index (κ1) is 50.7. The minimum atomic E-state index is -0.511. The average molecular weight is 1010 g/mol. The predicted molar refractivity (Wildman–Crippen MR) is 273 cm³/mol. The fourth-order valence-corrected chi connectivity index (χ4v) is 8.57. The molecule has 18 nitrogen and oxygen atoms in total. The Bertz CT molecular complexity index is 2990. The monoisotopic (exact) mass is 1010 g/mol. The second-order valence-electron chi connectivity index (χ2n) is 14.7. The van der Waals surface area contributed by atoms with Crippen molar-refractivity contribution in [2.75, 3.05) is 51.2 Å². The van der Waals surface area contributed by atoms with E-state index in [2.05, 4.69) is 76.5 Å². The highest BCUT2D eigenvalue weighted by molar-refractivity contribution is 8.01. The number of aromatic nitrogens is 4. The predicted octanol–water partition coefficient (Wildman–Crippen LogP) is 11.7. The van der Waals surface area contributed by atoms with Gasteiger partial charge in [0.05, 0.1) is 45.3 Å². The Hall–Kier alpha value is -7.20. The van der Waals surface area contributed by atoms with Crippen molar-refractivity contribution in [3.8, 4) is 46.3 Å². The Morgan fingerprint density at radius 2 is 1.03 bits per heavy atom. The van der Waals surface area contributed by atoms with Crippen LogP contribution in [-0.4, -0.2) is 68.2 Å². The number of nitrogens with zero attached hydrogens (tertiary/aromatic N) is 4. The van der Waals surface area contributed by atoms with Gasteiger partial charge in [0.25, 0.3) is 0 Å². The van der Waals surface area contributed by atoms with Gasteiger partial charge >= 0.3 is 6.09 Å². The third-order valence-corrected chi connectivity index (χ3v) is 12.4. The van der Waals surface area contributed by atoms with Crippen molar-refractivity contribution in [1.29, 1.82) is 0 Å². The molecule has 0 unspecified atom stereocenters. The van der Waals surface area contributed by atoms with Crippen LogP contribution in [0.4, 0.5) is 16.4 Å². The van der Waals surface area contributed by atoms with Gasteiger partial charge in [-0.05, 0) is 89.5 Å². The molecule has 0 bridgehead atoms. The highest BCUT2D eigenvalue weighted by Crippen LogP contribution is 2.42. The molecule has 0 aliphatic rings. The Morgan fingerprint density at radius 1 is 0.571 bits per heavy atom. The van der Waals surface area contributed by atoms with Gasteiger partial charge in [0.15, 0.2) is 22.8 Å². The summed E-state index contributed by atoms with van der Waals surface area (Å²) >= 11 is 4.35. The third kappa shape index (κ3) is 12.9. The van der Waals surface area contributed by atoms with Crippen molar-refractivity contribution in [2.24, 2.45) is 0 Å². The lowest BCUT2D eigenvalue weighted by atomic mass is 10.2. The van der Waals surface area contributed by atoms with Crippen molar-refractivity contribution in [1.82, 2.24) is 30.3 Å². The summed E-state index contributed by atoms with van der Waals surface area (Å²) in [5, 5.41) is 12.4. The first-order chi connectivity index (χ1) is 34.2. The molecule has 0 atom stereocenters. The molecule has 0 aliphatic carbocycles. The van der Waals surface area contributed by atoms with Crippen molar-refractivity contribution in [3.63, 3.8) is 0 Å². The van der Waals surface area contributed by atoms with Crippen molar-refractivity contribution < 1.29 is 47.0 Å². The quantitative estimate of drug-likeness (QED) is 0.0494. The summed E-state index contributed by atoms with van der Waals surface area (Å²) in [6, 6.07) is 26.5. The Kier molecular flexibility index (Phi) is 18.0. The third-order valence-electron chi connectivity index (χ3n) is 10.3. The number of rotatable bonds is 21. The van der Waals surface area contributed by atoms with Crippen LogP contribution in [0.25, 0.3) is 21.9 Å². The van der Waals surface area contributed by atoms with Gasteiger partial charge < -0.3 is 57.0 Å². The number of aryl methyl sites for hydroxylation is 2. The molecule has 0 radical (unpaired) electrons. The minimum Gasteiger partial charge on any atom is -0.496 e. The molecule has 0 fully saturated rings. The summed E-state index contributed by atoms with van der Waals surface area (Å²) in [7, 11) is 7.78. The molecule has 4 aromatic carbocycles. The first-order valence-corrected chi connectivity index (χ1v) is 24.5. The molecule has 70 heavy (non-hydrogen) atoms. The van der Waals surface area contributed by atoms with E-state index in [-0.39, 0.29) is 0 Å². The van der Waals surface area contributed by atoms with Crippen LogP contribution < -0.4 is 47.9 Å². The lowest BCUT2D eigenvalue weighted by Gasteiger charge is -2.11. The van der Waals surface area contributed by atoms with Gasteiger partial charge in [0.1, 0.15) is 45.3 Å². The second-order valence-corrected chi connectivity index (χ2v) is 17.1. The highest BCUT2D eigenvalue weighted by atomic mass is 32.2. The van der Waals surface area contributed by atoms with E-state index in [9.17, 15) is 4.79 Å². The van der Waals surface area contributed by atoms with Crippen LogP contribution in [0, 0.1) is 0 Å². The zero-order valence-corrected chi connectivity index (χ0v) is 42.1. The molecular weight excluding hydrogens is 957 g/mol. The SMILES string of the molecule is CCc1ccc(OC)c(SNc2noc3cc(Oc4ccc(CNC(=O)OC)cn4)cc(OC)c23)c1.CCc1ccc(OC)c(SNc2noc3cc(Oc4ccc(CNSC)cn4)cc(OC)c23)c1. The van der Waals surface area contributed by atoms with Crippen molar-refractivity contribution >= 4 is 75.5 Å². The van der Waals surface area contributed by atoms with Crippen LogP contribution in [0.3, 0.4) is 0 Å². The number of fused-ring (bicyclic) bond motifs is 2. The number of pyridine rings is 2. The smallest absolute Gasteiger partial charge is 0.407 e. The number of nitrogens with one attached hydrogen (secondary N) is 4. The van der Waals surface area contributed by atoms with Gasteiger partial charge in [-0.1, -0.05) is 60.4 Å². The second kappa shape index (κ2) is 24.9. The lowest BCUT2D eigenvalue weighted by Crippen LogP contribution is -2.22. The number of carbonyl (C=O) groups is 1. The fourth-order valence-electron chi connectivity index (χ4n) is 6.65. The zero-order chi connectivity index (χ0) is 49.4. The molecule has 366 valence electrons. The van der Waals surface area contributed by atoms with E-state index in [0.717, 1.165) is 57.2 Å². The fraction of sp³-hybridized carbons (Fsp3) is 0.245. The molecule has 4 heterocycles. The number of ether oxygens (including phenoxy) is 7. The van der Waals surface area contributed by atoms with Gasteiger partial charge in [-0.15, -0.1) is 0 Å². The Balaban J connectivity index is 0.000000207. The maximum absolute atomic E-state index is 11.2. The topological polar surface area (TPSA) is 208 Å². The number of hydrogen-bond donors (Lipinski definition) is 4. The van der Waals surface area contributed by atoms with Gasteiger partial charge in [0.2, 0.25) is 11.8 Å². The largest absolute Gasteiger partial charge is 0.496 e. The van der Waals surface area contributed by atoms with Crippen LogP contribution in [-0.2, 0) is 30.7 Å².